The Kier molecular flexibility index (Phi) is 3.63. The van der Waals surface area contributed by atoms with Crippen LogP contribution in [0.2, 0.25) is 0 Å². The van der Waals surface area contributed by atoms with E-state index >= 15 is 0 Å². The number of halogens is 2. The van der Waals surface area contributed by atoms with Crippen molar-refractivity contribution in [2.75, 3.05) is 11.4 Å². The molecule has 1 saturated heterocycles. The van der Waals surface area contributed by atoms with Crippen molar-refractivity contribution < 1.29 is 13.7 Å². The lowest BCUT2D eigenvalue weighted by atomic mass is 10.1. The maximum atomic E-state index is 14.1. The number of alkyl halides is 1. The molecule has 0 aromatic carbocycles. The SMILES string of the molecule is O=c1[nH]cc(F)cc1[C@H]1C[C@H](F)CN1c1ccn2ncc([N+](=O)[O-])c2n1. The number of hydrogen-bond donors (Lipinski definition) is 1. The predicted octanol–water partition coefficient (Wildman–Crippen LogP) is 1.75. The average Bonchev–Trinajstić information content (AvgIpc) is 3.19. The van der Waals surface area contributed by atoms with Crippen LogP contribution in [0.25, 0.3) is 5.65 Å². The predicted molar refractivity (Wildman–Crippen MR) is 86.3 cm³/mol. The summed E-state index contributed by atoms with van der Waals surface area (Å²) in [6.45, 7) is -0.0638. The van der Waals surface area contributed by atoms with Gasteiger partial charge in [0.15, 0.2) is 0 Å². The van der Waals surface area contributed by atoms with E-state index in [1.807, 2.05) is 0 Å². The highest BCUT2D eigenvalue weighted by Crippen LogP contribution is 2.36. The quantitative estimate of drug-likeness (QED) is 0.562. The summed E-state index contributed by atoms with van der Waals surface area (Å²) in [5.74, 6) is -0.397. The molecule has 9 nitrogen and oxygen atoms in total. The Hall–Kier alpha value is -3.37. The molecule has 2 atom stereocenters. The molecule has 0 amide bonds. The van der Waals surface area contributed by atoms with E-state index in [4.69, 9.17) is 0 Å². The molecule has 1 N–H and O–H groups in total. The maximum Gasteiger partial charge on any atom is 0.333 e. The van der Waals surface area contributed by atoms with Gasteiger partial charge in [-0.3, -0.25) is 14.9 Å². The number of anilines is 1. The van der Waals surface area contributed by atoms with Gasteiger partial charge in [-0.25, -0.2) is 18.3 Å². The second kappa shape index (κ2) is 5.86. The fourth-order valence-electron chi connectivity index (χ4n) is 3.19. The summed E-state index contributed by atoms with van der Waals surface area (Å²) in [5.41, 5.74) is -0.730. The Balaban J connectivity index is 1.81. The number of aromatic amines is 1. The third-order valence-corrected chi connectivity index (χ3v) is 4.33. The zero-order valence-electron chi connectivity index (χ0n) is 13.2. The van der Waals surface area contributed by atoms with Gasteiger partial charge in [0.1, 0.15) is 24.0 Å². The Morgan fingerprint density at radius 3 is 3.00 bits per heavy atom. The summed E-state index contributed by atoms with van der Waals surface area (Å²) in [4.78, 5) is 30.5. The molecule has 0 unspecified atom stereocenters. The van der Waals surface area contributed by atoms with Gasteiger partial charge >= 0.3 is 5.69 Å². The highest BCUT2D eigenvalue weighted by Gasteiger charge is 2.36. The summed E-state index contributed by atoms with van der Waals surface area (Å²) in [6.07, 6.45) is 2.20. The van der Waals surface area contributed by atoms with Gasteiger partial charge in [-0.15, -0.1) is 0 Å². The van der Waals surface area contributed by atoms with E-state index < -0.39 is 28.5 Å². The molecule has 1 aliphatic rings. The highest BCUT2D eigenvalue weighted by atomic mass is 19.1. The smallest absolute Gasteiger partial charge is 0.333 e. The Labute approximate surface area is 144 Å². The summed E-state index contributed by atoms with van der Waals surface area (Å²) in [5, 5.41) is 14.9. The molecule has 4 heterocycles. The molecular weight excluding hydrogens is 350 g/mol. The third kappa shape index (κ3) is 2.57. The van der Waals surface area contributed by atoms with Crippen molar-refractivity contribution in [1.82, 2.24) is 19.6 Å². The number of aromatic nitrogens is 4. The van der Waals surface area contributed by atoms with Crippen LogP contribution in [0.1, 0.15) is 18.0 Å². The number of nitro groups is 1. The highest BCUT2D eigenvalue weighted by molar-refractivity contribution is 5.61. The molecule has 0 aliphatic carbocycles. The van der Waals surface area contributed by atoms with E-state index in [2.05, 4.69) is 15.1 Å². The van der Waals surface area contributed by atoms with E-state index in [0.29, 0.717) is 0 Å². The molecule has 3 aromatic heterocycles. The fraction of sp³-hybridized carbons (Fsp3) is 0.267. The number of hydrogen-bond acceptors (Lipinski definition) is 6. The number of nitrogens with one attached hydrogen (secondary N) is 1. The second-order valence-corrected chi connectivity index (χ2v) is 5.94. The van der Waals surface area contributed by atoms with Crippen molar-refractivity contribution in [2.24, 2.45) is 0 Å². The Bertz CT molecular complexity index is 1060. The standard InChI is InChI=1S/C15H12F2N6O3/c16-8-3-10(15(24)18-5-8)11-4-9(17)7-21(11)13-1-2-22-14(20-13)12(6-19-22)23(25)26/h1-3,5-6,9,11H,4,7H2,(H,18,24)/t9-,11+/m0/s1. The van der Waals surface area contributed by atoms with Gasteiger partial charge in [-0.05, 0) is 12.1 Å². The molecule has 3 aromatic rings. The summed E-state index contributed by atoms with van der Waals surface area (Å²) in [6, 6.07) is 1.85. The van der Waals surface area contributed by atoms with Crippen molar-refractivity contribution in [3.63, 3.8) is 0 Å². The van der Waals surface area contributed by atoms with Gasteiger partial charge in [0.05, 0.1) is 17.5 Å². The number of fused-ring (bicyclic) bond motifs is 1. The minimum Gasteiger partial charge on any atom is -0.346 e. The van der Waals surface area contributed by atoms with Crippen LogP contribution in [0.5, 0.6) is 0 Å². The van der Waals surface area contributed by atoms with E-state index in [-0.39, 0.29) is 35.7 Å². The largest absolute Gasteiger partial charge is 0.346 e. The minimum absolute atomic E-state index is 0.00158. The van der Waals surface area contributed by atoms with Crippen LogP contribution in [0, 0.1) is 15.9 Å². The molecular formula is C15H12F2N6O3. The van der Waals surface area contributed by atoms with Crippen molar-refractivity contribution in [3.8, 4) is 0 Å². The topological polar surface area (TPSA) is 109 Å². The zero-order valence-corrected chi connectivity index (χ0v) is 13.2. The summed E-state index contributed by atoms with van der Waals surface area (Å²) >= 11 is 0. The number of rotatable bonds is 3. The van der Waals surface area contributed by atoms with Crippen LogP contribution in [-0.4, -0.2) is 37.2 Å². The minimum atomic E-state index is -1.25. The van der Waals surface area contributed by atoms with Crippen molar-refractivity contribution in [2.45, 2.75) is 18.6 Å². The number of nitrogens with zero attached hydrogens (tertiary/aromatic N) is 5. The lowest BCUT2D eigenvalue weighted by Crippen LogP contribution is -2.29. The van der Waals surface area contributed by atoms with Crippen LogP contribution < -0.4 is 10.5 Å². The second-order valence-electron chi connectivity index (χ2n) is 5.94. The van der Waals surface area contributed by atoms with Gasteiger partial charge < -0.3 is 9.88 Å². The molecule has 4 rings (SSSR count). The van der Waals surface area contributed by atoms with Crippen LogP contribution in [0.4, 0.5) is 20.3 Å². The fourth-order valence-corrected chi connectivity index (χ4v) is 3.19. The van der Waals surface area contributed by atoms with Gasteiger partial charge in [0, 0.05) is 24.4 Å². The van der Waals surface area contributed by atoms with Crippen molar-refractivity contribution in [3.05, 3.63) is 62.6 Å². The van der Waals surface area contributed by atoms with E-state index in [0.717, 1.165) is 18.5 Å². The van der Waals surface area contributed by atoms with E-state index in [9.17, 15) is 23.7 Å². The Morgan fingerprint density at radius 2 is 2.23 bits per heavy atom. The molecule has 11 heteroatoms. The van der Waals surface area contributed by atoms with Crippen LogP contribution in [-0.2, 0) is 0 Å². The molecule has 26 heavy (non-hydrogen) atoms. The molecule has 1 aliphatic heterocycles. The normalized spacial score (nSPS) is 20.0. The number of H-pyrrole nitrogens is 1. The van der Waals surface area contributed by atoms with Gasteiger partial charge in [-0.1, -0.05) is 0 Å². The first-order chi connectivity index (χ1) is 12.4. The van der Waals surface area contributed by atoms with Crippen LogP contribution in [0.3, 0.4) is 0 Å². The van der Waals surface area contributed by atoms with Crippen LogP contribution >= 0.6 is 0 Å². The lowest BCUT2D eigenvalue weighted by molar-refractivity contribution is -0.383. The van der Waals surface area contributed by atoms with E-state index in [1.54, 1.807) is 0 Å². The maximum absolute atomic E-state index is 14.1. The van der Waals surface area contributed by atoms with Gasteiger partial charge in [-0.2, -0.15) is 5.10 Å². The van der Waals surface area contributed by atoms with Gasteiger partial charge in [0.2, 0.25) is 5.65 Å². The number of pyridine rings is 1. The Morgan fingerprint density at radius 1 is 1.42 bits per heavy atom. The molecule has 134 valence electrons. The molecule has 0 radical (unpaired) electrons. The summed E-state index contributed by atoms with van der Waals surface area (Å²) in [7, 11) is 0. The molecule has 0 saturated carbocycles. The van der Waals surface area contributed by atoms with Crippen molar-refractivity contribution in [1.29, 1.82) is 0 Å². The first-order valence-corrected chi connectivity index (χ1v) is 7.71. The third-order valence-electron chi connectivity index (χ3n) is 4.33. The summed E-state index contributed by atoms with van der Waals surface area (Å²) < 4.78 is 28.9. The first kappa shape index (κ1) is 16.1. The van der Waals surface area contributed by atoms with Gasteiger partial charge in [0.25, 0.3) is 5.56 Å². The zero-order chi connectivity index (χ0) is 18.4. The first-order valence-electron chi connectivity index (χ1n) is 7.71. The lowest BCUT2D eigenvalue weighted by Gasteiger charge is -2.25. The monoisotopic (exact) mass is 362 g/mol. The van der Waals surface area contributed by atoms with Crippen molar-refractivity contribution >= 4 is 17.2 Å². The molecule has 0 spiro atoms. The average molecular weight is 362 g/mol. The molecule has 0 bridgehead atoms. The van der Waals surface area contributed by atoms with E-state index in [1.165, 1.54) is 21.7 Å². The van der Waals surface area contributed by atoms with Crippen LogP contribution in [0.15, 0.2) is 35.5 Å². The molecule has 1 fully saturated rings.